The van der Waals surface area contributed by atoms with E-state index in [9.17, 15) is 4.79 Å². The molecule has 2 rings (SSSR count). The lowest BCUT2D eigenvalue weighted by Gasteiger charge is -1.83. The predicted molar refractivity (Wildman–Crippen MR) is 38.8 cm³/mol. The van der Waals surface area contributed by atoms with Crippen LogP contribution in [0.4, 0.5) is 0 Å². The van der Waals surface area contributed by atoms with Crippen LogP contribution in [0.3, 0.4) is 0 Å². The summed E-state index contributed by atoms with van der Waals surface area (Å²) in [6, 6.07) is 1.38. The lowest BCUT2D eigenvalue weighted by Crippen LogP contribution is -2.04. The predicted octanol–water partition coefficient (Wildman–Crippen LogP) is 0.497. The zero-order valence-electron chi connectivity index (χ0n) is 8.93. The number of fused-ring (bicyclic) bond motifs is 1. The molecule has 0 bridgehead atoms. The molecule has 2 aromatic heterocycles. The molecule has 10 heavy (non-hydrogen) atoms. The van der Waals surface area contributed by atoms with Crippen molar-refractivity contribution in [2.45, 2.75) is 0 Å². The first-order valence-corrected chi connectivity index (χ1v) is 2.73. The van der Waals surface area contributed by atoms with Gasteiger partial charge in [-0.25, -0.2) is 4.98 Å². The summed E-state index contributed by atoms with van der Waals surface area (Å²) in [7, 11) is 0. The Kier molecular flexibility index (Phi) is 0.510. The third-order valence-corrected chi connectivity index (χ3v) is 1.24. The van der Waals surface area contributed by atoms with E-state index < -0.39 is 0 Å². The standard InChI is InChI=1S/C6H5N3O.H2/c10-6-4-1-2-7-5(4)8-3-9-6;/h1-3H,(H2,7,8,9,10);1H/i2T,3T;1+2T. The van der Waals surface area contributed by atoms with Crippen LogP contribution in [0.5, 0.6) is 0 Å². The van der Waals surface area contributed by atoms with Crippen LogP contribution in [0.1, 0.15) is 5.71 Å². The fourth-order valence-corrected chi connectivity index (χ4v) is 0.776. The second kappa shape index (κ2) is 1.70. The van der Waals surface area contributed by atoms with Crippen LogP contribution in [0.2, 0.25) is 0 Å². The molecule has 0 aliphatic heterocycles. The van der Waals surface area contributed by atoms with E-state index in [0.717, 1.165) is 0 Å². The third kappa shape index (κ3) is 0.556. The number of nitrogens with one attached hydrogen (secondary N) is 2. The maximum Gasteiger partial charge on any atom is 0.260 e. The van der Waals surface area contributed by atoms with Gasteiger partial charge in [0, 0.05) is 9.14 Å². The first-order valence-electron chi connectivity index (χ1n) is 4.73. The van der Waals surface area contributed by atoms with Crippen LogP contribution in [-0.2, 0) is 0 Å². The molecule has 0 radical (unpaired) electrons. The Morgan fingerprint density at radius 2 is 2.70 bits per heavy atom. The average molecular weight is 145 g/mol. The van der Waals surface area contributed by atoms with Gasteiger partial charge in [-0.15, -0.1) is 0 Å². The monoisotopic (exact) mass is 145 g/mol. The summed E-state index contributed by atoms with van der Waals surface area (Å²) in [5.41, 5.74) is -0.103. The van der Waals surface area contributed by atoms with E-state index in [2.05, 4.69) is 15.0 Å². The van der Waals surface area contributed by atoms with Crippen molar-refractivity contribution in [3.05, 3.63) is 28.9 Å². The first kappa shape index (κ1) is 3.01. The second-order valence-electron chi connectivity index (χ2n) is 1.85. The molecule has 0 spiro atoms. The zero-order chi connectivity index (χ0) is 10.7. The van der Waals surface area contributed by atoms with Gasteiger partial charge in [0.25, 0.3) is 5.56 Å². The van der Waals surface area contributed by atoms with E-state index in [1.165, 1.54) is 6.07 Å². The van der Waals surface area contributed by atoms with Gasteiger partial charge in [-0.1, -0.05) is 0 Å². The van der Waals surface area contributed by atoms with Gasteiger partial charge in [0.1, 0.15) is 7.02 Å². The summed E-state index contributed by atoms with van der Waals surface area (Å²) in [6.07, 6.45) is -0.0806. The smallest absolute Gasteiger partial charge is 0.260 e. The number of aromatic amines is 2. The Morgan fingerprint density at radius 1 is 1.80 bits per heavy atom. The highest BCUT2D eigenvalue weighted by molar-refractivity contribution is 5.73. The normalized spacial score (nSPS) is 14.0. The molecule has 2 heterocycles. The van der Waals surface area contributed by atoms with Gasteiger partial charge in [0.15, 0.2) is 0 Å². The minimum absolute atomic E-state index is 0.119. The maximum absolute atomic E-state index is 11.1. The Labute approximate surface area is 61.8 Å². The topological polar surface area (TPSA) is 61.5 Å². The number of hydrogen-bond acceptors (Lipinski definition) is 2. The lowest BCUT2D eigenvalue weighted by atomic mass is 10.4. The summed E-state index contributed by atoms with van der Waals surface area (Å²) >= 11 is 0. The van der Waals surface area contributed by atoms with Crippen molar-refractivity contribution in [3.8, 4) is 0 Å². The van der Waals surface area contributed by atoms with Gasteiger partial charge in [0.2, 0.25) is 0 Å². The Morgan fingerprint density at radius 3 is 3.60 bits per heavy atom. The molecular weight excluding hydrogens is 130 g/mol. The van der Waals surface area contributed by atoms with Gasteiger partial charge >= 0.3 is 0 Å². The van der Waals surface area contributed by atoms with E-state index in [1.54, 1.807) is 0 Å². The molecule has 0 amide bonds. The molecule has 0 aliphatic carbocycles. The van der Waals surface area contributed by atoms with Crippen molar-refractivity contribution in [2.75, 3.05) is 0 Å². The van der Waals surface area contributed by atoms with Gasteiger partial charge in [0.05, 0.1) is 13.1 Å². The van der Waals surface area contributed by atoms with Crippen molar-refractivity contribution in [1.82, 2.24) is 15.0 Å². The first-order chi connectivity index (χ1) is 6.66. The van der Waals surface area contributed by atoms with E-state index >= 15 is 0 Å². The molecule has 2 aromatic rings. The number of aromatic nitrogens is 3. The van der Waals surface area contributed by atoms with Crippen molar-refractivity contribution < 1.29 is 5.71 Å². The highest BCUT2D eigenvalue weighted by Crippen LogP contribution is 1.99. The summed E-state index contributed by atoms with van der Waals surface area (Å²) in [6.45, 7) is 0. The van der Waals surface area contributed by atoms with E-state index in [4.69, 9.17) is 5.71 Å². The highest BCUT2D eigenvalue weighted by atomic mass is 16.1. The molecular formula is C6H7N3O. The van der Waals surface area contributed by atoms with Crippen molar-refractivity contribution in [1.29, 1.82) is 0 Å². The van der Waals surface area contributed by atoms with Crippen LogP contribution >= 0.6 is 0 Å². The molecule has 4 heteroatoms. The second-order valence-corrected chi connectivity index (χ2v) is 1.85. The Bertz CT molecular complexity index is 491. The Hall–Kier alpha value is -1.58. The number of nitrogens with zero attached hydrogens (tertiary/aromatic N) is 1. The summed E-state index contributed by atoms with van der Waals surface area (Å²) in [5, 5.41) is 0.316. The van der Waals surface area contributed by atoms with E-state index in [1.807, 2.05) is 0 Å². The van der Waals surface area contributed by atoms with Gasteiger partial charge in [-0.05, 0) is 6.07 Å². The molecule has 0 aliphatic rings. The quantitative estimate of drug-likeness (QED) is 0.567. The van der Waals surface area contributed by atoms with Crippen LogP contribution in [0.25, 0.3) is 11.0 Å². The summed E-state index contributed by atoms with van der Waals surface area (Å²) < 4.78 is 24.3. The molecule has 0 aromatic carbocycles. The highest BCUT2D eigenvalue weighted by Gasteiger charge is 1.96. The maximum atomic E-state index is 11.1. The fraction of sp³-hybridized carbons (Fsp3) is 0. The summed E-state index contributed by atoms with van der Waals surface area (Å²) in [5.74, 6) is 0. The van der Waals surface area contributed by atoms with Crippen LogP contribution < -0.4 is 5.56 Å². The van der Waals surface area contributed by atoms with Gasteiger partial charge in [-0.2, -0.15) is 0 Å². The number of hydrogen-bond donors (Lipinski definition) is 2. The van der Waals surface area contributed by atoms with Gasteiger partial charge < -0.3 is 9.97 Å². The van der Waals surface area contributed by atoms with Crippen LogP contribution in [-0.4, -0.2) is 15.0 Å². The molecule has 52 valence electrons. The lowest BCUT2D eigenvalue weighted by molar-refractivity contribution is 1.16. The van der Waals surface area contributed by atoms with Crippen molar-refractivity contribution in [3.63, 3.8) is 0 Å². The molecule has 0 saturated heterocycles. The summed E-state index contributed by atoms with van der Waals surface area (Å²) in [4.78, 5) is 19.6. The minimum atomic E-state index is -0.389. The van der Waals surface area contributed by atoms with Crippen LogP contribution in [0, 0.1) is 0 Å². The molecule has 0 atom stereocenters. The average Bonchev–Trinajstić information content (AvgIpc) is 2.49. The van der Waals surface area contributed by atoms with E-state index in [0.29, 0.717) is 5.39 Å². The van der Waals surface area contributed by atoms with Crippen molar-refractivity contribution >= 4 is 11.0 Å². The van der Waals surface area contributed by atoms with Crippen molar-refractivity contribution in [2.24, 2.45) is 0 Å². The molecule has 4 nitrogen and oxygen atoms in total. The Balaban J connectivity index is 0.000000461. The SMILES string of the molecule is [3H][3H].[3H]c1cc2c(=O)[nH]c([3H])nc2[nH]1. The van der Waals surface area contributed by atoms with E-state index in [-0.39, 0.29) is 23.7 Å². The van der Waals surface area contributed by atoms with Crippen LogP contribution in [0.15, 0.2) is 23.3 Å². The molecule has 0 fully saturated rings. The fourth-order valence-electron chi connectivity index (χ4n) is 0.776. The minimum Gasteiger partial charge on any atom is -0.346 e. The number of H-pyrrole nitrogens is 2. The number of rotatable bonds is 0. The molecule has 2 N–H and O–H groups in total. The largest absolute Gasteiger partial charge is 0.346 e. The zero-order valence-corrected chi connectivity index (χ0v) is 4.93. The molecule has 0 unspecified atom stereocenters. The third-order valence-electron chi connectivity index (χ3n) is 1.24. The van der Waals surface area contributed by atoms with Gasteiger partial charge in [-0.3, -0.25) is 4.79 Å². The molecule has 0 saturated carbocycles.